The van der Waals surface area contributed by atoms with Crippen LogP contribution in [0.4, 0.5) is 0 Å². The molecule has 36 heavy (non-hydrogen) atoms. The molecule has 2 heterocycles. The lowest BCUT2D eigenvalue weighted by atomic mass is 10.2. The van der Waals surface area contributed by atoms with Gasteiger partial charge in [0.25, 0.3) is 5.56 Å². The molecule has 8 heteroatoms. The van der Waals surface area contributed by atoms with Crippen LogP contribution in [0.25, 0.3) is 33.5 Å². The highest BCUT2D eigenvalue weighted by Gasteiger charge is 2.17. The number of rotatable bonds is 8. The van der Waals surface area contributed by atoms with E-state index in [2.05, 4.69) is 27.6 Å². The van der Waals surface area contributed by atoms with E-state index in [4.69, 9.17) is 18.9 Å². The van der Waals surface area contributed by atoms with E-state index in [1.165, 1.54) is 4.68 Å². The Hall–Kier alpha value is -4.17. The molecular weight excluding hydrogens is 522 g/mol. The van der Waals surface area contributed by atoms with Crippen LogP contribution in [0.1, 0.15) is 12.5 Å². The summed E-state index contributed by atoms with van der Waals surface area (Å²) in [4.78, 5) is 18.2. The second kappa shape index (κ2) is 10.2. The highest BCUT2D eigenvalue weighted by molar-refractivity contribution is 9.10. The van der Waals surface area contributed by atoms with Gasteiger partial charge in [0.1, 0.15) is 12.2 Å². The largest absolute Gasteiger partial charge is 0.490 e. The fraction of sp³-hybridized carbons (Fsp3) is 0.107. The lowest BCUT2D eigenvalue weighted by Crippen LogP contribution is -2.20. The van der Waals surface area contributed by atoms with Crippen LogP contribution in [0.2, 0.25) is 0 Å². The number of ether oxygens (including phenoxy) is 2. The molecular formula is C28H22BrN3O4. The van der Waals surface area contributed by atoms with Crippen LogP contribution in [-0.4, -0.2) is 29.1 Å². The Bertz CT molecular complexity index is 1640. The van der Waals surface area contributed by atoms with Crippen molar-refractivity contribution in [2.24, 2.45) is 5.10 Å². The van der Waals surface area contributed by atoms with Crippen LogP contribution in [0.5, 0.6) is 11.5 Å². The topological polar surface area (TPSA) is 78.9 Å². The van der Waals surface area contributed by atoms with E-state index in [0.29, 0.717) is 58.3 Å². The van der Waals surface area contributed by atoms with Gasteiger partial charge >= 0.3 is 0 Å². The Morgan fingerprint density at radius 3 is 2.67 bits per heavy atom. The summed E-state index contributed by atoms with van der Waals surface area (Å²) in [6.45, 7) is 6.39. The number of hydrogen-bond acceptors (Lipinski definition) is 6. The number of hydrogen-bond donors (Lipinski definition) is 0. The van der Waals surface area contributed by atoms with Crippen LogP contribution in [-0.2, 0) is 0 Å². The smallest absolute Gasteiger partial charge is 0.282 e. The lowest BCUT2D eigenvalue weighted by Gasteiger charge is -2.13. The summed E-state index contributed by atoms with van der Waals surface area (Å²) in [7, 11) is 0. The monoisotopic (exact) mass is 543 g/mol. The molecule has 0 aliphatic carbocycles. The van der Waals surface area contributed by atoms with Gasteiger partial charge < -0.3 is 13.9 Å². The predicted octanol–water partition coefficient (Wildman–Crippen LogP) is 6.42. The quantitative estimate of drug-likeness (QED) is 0.167. The summed E-state index contributed by atoms with van der Waals surface area (Å²) in [5.41, 5.74) is 1.65. The first-order valence-corrected chi connectivity index (χ1v) is 12.1. The molecule has 0 fully saturated rings. The molecule has 0 N–H and O–H groups in total. The summed E-state index contributed by atoms with van der Waals surface area (Å²) in [6.07, 6.45) is 3.24. The van der Waals surface area contributed by atoms with E-state index in [9.17, 15) is 4.79 Å². The molecule has 7 nitrogen and oxygen atoms in total. The zero-order valence-electron chi connectivity index (χ0n) is 19.5. The summed E-state index contributed by atoms with van der Waals surface area (Å²) < 4.78 is 19.5. The van der Waals surface area contributed by atoms with Crippen molar-refractivity contribution in [1.29, 1.82) is 0 Å². The second-order valence-corrected chi connectivity index (χ2v) is 8.67. The fourth-order valence-corrected chi connectivity index (χ4v) is 4.21. The zero-order valence-corrected chi connectivity index (χ0v) is 21.1. The normalized spacial score (nSPS) is 11.4. The van der Waals surface area contributed by atoms with Crippen LogP contribution < -0.4 is 15.0 Å². The van der Waals surface area contributed by atoms with Crippen molar-refractivity contribution in [2.45, 2.75) is 6.92 Å². The number of para-hydroxylation sites is 2. The maximum absolute atomic E-state index is 13.5. The molecule has 0 atom stereocenters. The Morgan fingerprint density at radius 2 is 1.86 bits per heavy atom. The van der Waals surface area contributed by atoms with Crippen molar-refractivity contribution >= 4 is 44.0 Å². The third-order valence-corrected chi connectivity index (χ3v) is 6.12. The minimum absolute atomic E-state index is 0.304. The first-order valence-electron chi connectivity index (χ1n) is 11.3. The van der Waals surface area contributed by atoms with E-state index in [1.807, 2.05) is 43.3 Å². The van der Waals surface area contributed by atoms with E-state index in [1.54, 1.807) is 42.6 Å². The van der Waals surface area contributed by atoms with Crippen molar-refractivity contribution in [1.82, 2.24) is 9.66 Å². The van der Waals surface area contributed by atoms with E-state index in [-0.39, 0.29) is 5.56 Å². The molecule has 0 unspecified atom stereocenters. The van der Waals surface area contributed by atoms with Crippen molar-refractivity contribution < 1.29 is 13.9 Å². The van der Waals surface area contributed by atoms with Gasteiger partial charge in [-0.15, -0.1) is 0 Å². The molecule has 0 spiro atoms. The standard InChI is InChI=1S/C28H22BrN3O4/c1-3-13-35-25-16-21(29)19(15-24(25)34-4-2)17-30-32-27(26-14-18-9-5-8-12-23(18)36-26)31-22-11-7-6-10-20(22)28(32)33/h3,5-12,14-17H,1,4,13H2,2H3. The van der Waals surface area contributed by atoms with Gasteiger partial charge in [-0.3, -0.25) is 4.79 Å². The van der Waals surface area contributed by atoms with E-state index in [0.717, 1.165) is 9.86 Å². The molecule has 5 rings (SSSR count). The summed E-state index contributed by atoms with van der Waals surface area (Å²) in [5, 5.41) is 5.90. The Labute approximate surface area is 215 Å². The molecule has 0 radical (unpaired) electrons. The van der Waals surface area contributed by atoms with Crippen molar-refractivity contribution in [3.63, 3.8) is 0 Å². The lowest BCUT2D eigenvalue weighted by molar-refractivity contribution is 0.296. The van der Waals surface area contributed by atoms with Gasteiger partial charge in [0, 0.05) is 15.4 Å². The number of halogens is 1. The van der Waals surface area contributed by atoms with Crippen molar-refractivity contribution in [3.8, 4) is 23.1 Å². The molecule has 0 aliphatic rings. The first kappa shape index (κ1) is 23.6. The molecule has 0 saturated heterocycles. The minimum atomic E-state index is -0.306. The molecule has 0 amide bonds. The Balaban J connectivity index is 1.65. The third kappa shape index (κ3) is 4.55. The van der Waals surface area contributed by atoms with Crippen molar-refractivity contribution in [3.05, 3.63) is 99.8 Å². The van der Waals surface area contributed by atoms with Gasteiger partial charge in [0.15, 0.2) is 17.3 Å². The molecule has 180 valence electrons. The Morgan fingerprint density at radius 1 is 1.08 bits per heavy atom. The molecule has 5 aromatic rings. The fourth-order valence-electron chi connectivity index (χ4n) is 3.78. The number of nitrogens with zero attached hydrogens (tertiary/aromatic N) is 3. The van der Waals surface area contributed by atoms with Crippen LogP contribution in [0, 0.1) is 0 Å². The van der Waals surface area contributed by atoms with Crippen LogP contribution in [0.15, 0.2) is 98.2 Å². The first-order chi connectivity index (χ1) is 17.6. The average Bonchev–Trinajstić information content (AvgIpc) is 3.33. The molecule has 2 aromatic heterocycles. The molecule has 0 saturated carbocycles. The van der Waals surface area contributed by atoms with Gasteiger partial charge in [0.2, 0.25) is 5.82 Å². The number of aromatic nitrogens is 2. The van der Waals surface area contributed by atoms with Crippen LogP contribution in [0.3, 0.4) is 0 Å². The minimum Gasteiger partial charge on any atom is -0.490 e. The molecule has 0 aliphatic heterocycles. The number of benzene rings is 3. The summed E-state index contributed by atoms with van der Waals surface area (Å²) >= 11 is 3.57. The maximum Gasteiger partial charge on any atom is 0.282 e. The average molecular weight is 544 g/mol. The number of furan rings is 1. The molecule has 3 aromatic carbocycles. The number of fused-ring (bicyclic) bond motifs is 2. The van der Waals surface area contributed by atoms with E-state index >= 15 is 0 Å². The summed E-state index contributed by atoms with van der Waals surface area (Å²) in [5.74, 6) is 1.88. The van der Waals surface area contributed by atoms with Gasteiger partial charge in [-0.25, -0.2) is 4.98 Å². The highest BCUT2D eigenvalue weighted by Crippen LogP contribution is 2.33. The zero-order chi connectivity index (χ0) is 25.1. The second-order valence-electron chi connectivity index (χ2n) is 7.82. The van der Waals surface area contributed by atoms with Gasteiger partial charge in [-0.1, -0.05) is 43.0 Å². The van der Waals surface area contributed by atoms with E-state index < -0.39 is 0 Å². The van der Waals surface area contributed by atoms with Crippen LogP contribution >= 0.6 is 15.9 Å². The molecule has 0 bridgehead atoms. The SMILES string of the molecule is C=CCOc1cc(Br)c(C=Nn2c(-c3cc4ccccc4o3)nc3ccccc3c2=O)cc1OCC. The summed E-state index contributed by atoms with van der Waals surface area (Å²) in [6, 6.07) is 20.3. The van der Waals surface area contributed by atoms with Gasteiger partial charge in [-0.2, -0.15) is 9.78 Å². The third-order valence-electron chi connectivity index (χ3n) is 5.43. The highest BCUT2D eigenvalue weighted by atomic mass is 79.9. The van der Waals surface area contributed by atoms with Gasteiger partial charge in [0.05, 0.1) is 23.7 Å². The predicted molar refractivity (Wildman–Crippen MR) is 145 cm³/mol. The Kier molecular flexibility index (Phi) is 6.69. The van der Waals surface area contributed by atoms with Crippen molar-refractivity contribution in [2.75, 3.05) is 13.2 Å². The maximum atomic E-state index is 13.5. The van der Waals surface area contributed by atoms with Gasteiger partial charge in [-0.05, 0) is 59.3 Å².